The summed E-state index contributed by atoms with van der Waals surface area (Å²) in [7, 11) is 0. The number of aliphatic hydroxyl groups is 2. The van der Waals surface area contributed by atoms with Crippen molar-refractivity contribution in [3.63, 3.8) is 0 Å². The van der Waals surface area contributed by atoms with E-state index in [4.69, 9.17) is 0 Å². The molecule has 13 heavy (non-hydrogen) atoms. The van der Waals surface area contributed by atoms with E-state index >= 15 is 0 Å². The van der Waals surface area contributed by atoms with Gasteiger partial charge < -0.3 is 10.2 Å². The van der Waals surface area contributed by atoms with Crippen molar-refractivity contribution in [2.24, 2.45) is 0 Å². The third-order valence-corrected chi connectivity index (χ3v) is 2.77. The monoisotopic (exact) mass is 185 g/mol. The number of β-amino-alcohol motifs (C(OH)–C–C–N with tert-alkyl or cyclic N) is 1. The minimum Gasteiger partial charge on any atom is -0.394 e. The summed E-state index contributed by atoms with van der Waals surface area (Å²) >= 11 is 0. The molecule has 1 saturated heterocycles. The number of likely N-dealkylation sites (tertiary alicyclic amines) is 1. The fourth-order valence-corrected chi connectivity index (χ4v) is 1.87. The van der Waals surface area contributed by atoms with Gasteiger partial charge in [-0.05, 0) is 20.3 Å². The van der Waals surface area contributed by atoms with Crippen LogP contribution in [0.3, 0.4) is 0 Å². The Bertz CT molecular complexity index is 193. The first kappa shape index (κ1) is 10.7. The summed E-state index contributed by atoms with van der Waals surface area (Å²) in [4.78, 5) is 2.12. The van der Waals surface area contributed by atoms with E-state index in [0.29, 0.717) is 13.0 Å². The second-order valence-electron chi connectivity index (χ2n) is 3.99. The van der Waals surface area contributed by atoms with Gasteiger partial charge in [-0.25, -0.2) is 0 Å². The van der Waals surface area contributed by atoms with Gasteiger partial charge in [0.15, 0.2) is 0 Å². The molecule has 2 atom stereocenters. The van der Waals surface area contributed by atoms with E-state index in [1.165, 1.54) is 0 Å². The van der Waals surface area contributed by atoms with Crippen LogP contribution in [0.15, 0.2) is 12.2 Å². The minimum atomic E-state index is -0.289. The molecule has 0 radical (unpaired) electrons. The predicted molar refractivity (Wildman–Crippen MR) is 52.5 cm³/mol. The summed E-state index contributed by atoms with van der Waals surface area (Å²) in [5.41, 5.74) is -0.237. The first-order valence-electron chi connectivity index (χ1n) is 4.77. The lowest BCUT2D eigenvalue weighted by Crippen LogP contribution is -2.44. The molecule has 0 aliphatic carbocycles. The number of hydrogen-bond acceptors (Lipinski definition) is 3. The molecule has 0 amide bonds. The first-order valence-corrected chi connectivity index (χ1v) is 4.77. The Hall–Kier alpha value is -0.380. The molecule has 76 valence electrons. The number of nitrogens with zero attached hydrogens (tertiary/aromatic N) is 1. The van der Waals surface area contributed by atoms with Crippen LogP contribution < -0.4 is 0 Å². The van der Waals surface area contributed by atoms with Crippen LogP contribution >= 0.6 is 0 Å². The normalized spacial score (nSPS) is 36.2. The molecule has 2 N–H and O–H groups in total. The lowest BCUT2D eigenvalue weighted by atomic mass is 9.99. The predicted octanol–water partition coefficient (Wildman–Crippen LogP) is 0.380. The van der Waals surface area contributed by atoms with Crippen molar-refractivity contribution in [1.29, 1.82) is 0 Å². The molecule has 0 aromatic carbocycles. The Labute approximate surface area is 79.7 Å². The van der Waals surface area contributed by atoms with Crippen LogP contribution in [-0.2, 0) is 0 Å². The SMILES string of the molecule is C/C=C/CN1CC(O)CC1(C)CO. The molecule has 0 spiro atoms. The van der Waals surface area contributed by atoms with Gasteiger partial charge in [0.05, 0.1) is 12.7 Å². The quantitative estimate of drug-likeness (QED) is 0.625. The van der Waals surface area contributed by atoms with Crippen LogP contribution in [0.2, 0.25) is 0 Å². The van der Waals surface area contributed by atoms with Crippen molar-refractivity contribution in [2.75, 3.05) is 19.7 Å². The van der Waals surface area contributed by atoms with E-state index in [-0.39, 0.29) is 18.2 Å². The number of hydrogen-bond donors (Lipinski definition) is 2. The third kappa shape index (κ3) is 2.30. The van der Waals surface area contributed by atoms with Gasteiger partial charge in [0.25, 0.3) is 0 Å². The molecule has 3 heteroatoms. The Kier molecular flexibility index (Phi) is 3.47. The van der Waals surface area contributed by atoms with Gasteiger partial charge in [0, 0.05) is 18.6 Å². The molecule has 1 aliphatic heterocycles. The van der Waals surface area contributed by atoms with Crippen LogP contribution in [0.1, 0.15) is 20.3 Å². The van der Waals surface area contributed by atoms with Crippen molar-refractivity contribution in [3.05, 3.63) is 12.2 Å². The topological polar surface area (TPSA) is 43.7 Å². The maximum atomic E-state index is 9.49. The van der Waals surface area contributed by atoms with Crippen molar-refractivity contribution in [3.8, 4) is 0 Å². The fourth-order valence-electron chi connectivity index (χ4n) is 1.87. The molecule has 0 aromatic heterocycles. The molecule has 3 nitrogen and oxygen atoms in total. The lowest BCUT2D eigenvalue weighted by Gasteiger charge is -2.32. The second kappa shape index (κ2) is 4.22. The summed E-state index contributed by atoms with van der Waals surface area (Å²) in [6.07, 6.45) is 4.41. The van der Waals surface area contributed by atoms with Crippen molar-refractivity contribution < 1.29 is 10.2 Å². The van der Waals surface area contributed by atoms with Gasteiger partial charge in [-0.2, -0.15) is 0 Å². The number of rotatable bonds is 3. The Morgan fingerprint density at radius 3 is 2.85 bits per heavy atom. The third-order valence-electron chi connectivity index (χ3n) is 2.77. The highest BCUT2D eigenvalue weighted by molar-refractivity contribution is 4.98. The zero-order valence-electron chi connectivity index (χ0n) is 8.40. The van der Waals surface area contributed by atoms with Gasteiger partial charge in [-0.3, -0.25) is 4.90 Å². The molecular weight excluding hydrogens is 166 g/mol. The van der Waals surface area contributed by atoms with Crippen LogP contribution in [-0.4, -0.2) is 46.5 Å². The molecule has 0 bridgehead atoms. The number of aliphatic hydroxyl groups excluding tert-OH is 2. The second-order valence-corrected chi connectivity index (χ2v) is 3.99. The van der Waals surface area contributed by atoms with Crippen molar-refractivity contribution in [1.82, 2.24) is 4.90 Å². The molecular formula is C10H19NO2. The van der Waals surface area contributed by atoms with E-state index in [1.54, 1.807) is 0 Å². The summed E-state index contributed by atoms with van der Waals surface area (Å²) < 4.78 is 0. The van der Waals surface area contributed by atoms with E-state index in [0.717, 1.165) is 6.54 Å². The molecule has 2 unspecified atom stereocenters. The molecule has 1 rings (SSSR count). The maximum absolute atomic E-state index is 9.49. The van der Waals surface area contributed by atoms with Gasteiger partial charge in [-0.1, -0.05) is 12.2 Å². The standard InChI is InChI=1S/C10H19NO2/c1-3-4-5-11-7-9(13)6-10(11,2)8-12/h3-4,9,12-13H,5-8H2,1-2H3/b4-3+. The summed E-state index contributed by atoms with van der Waals surface area (Å²) in [5.74, 6) is 0. The Balaban J connectivity index is 2.60. The van der Waals surface area contributed by atoms with E-state index < -0.39 is 0 Å². The average molecular weight is 185 g/mol. The van der Waals surface area contributed by atoms with Crippen molar-refractivity contribution in [2.45, 2.75) is 31.9 Å². The smallest absolute Gasteiger partial charge is 0.0685 e. The first-order chi connectivity index (χ1) is 6.12. The van der Waals surface area contributed by atoms with Crippen LogP contribution in [0.4, 0.5) is 0 Å². The highest BCUT2D eigenvalue weighted by Crippen LogP contribution is 2.28. The van der Waals surface area contributed by atoms with E-state index in [2.05, 4.69) is 4.90 Å². The highest BCUT2D eigenvalue weighted by atomic mass is 16.3. The summed E-state index contributed by atoms with van der Waals surface area (Å²) in [6, 6.07) is 0. The van der Waals surface area contributed by atoms with E-state index in [9.17, 15) is 10.2 Å². The van der Waals surface area contributed by atoms with Gasteiger partial charge >= 0.3 is 0 Å². The molecule has 0 saturated carbocycles. The zero-order valence-corrected chi connectivity index (χ0v) is 8.40. The molecule has 1 heterocycles. The lowest BCUT2D eigenvalue weighted by molar-refractivity contribution is 0.0883. The van der Waals surface area contributed by atoms with Gasteiger partial charge in [0.1, 0.15) is 0 Å². The van der Waals surface area contributed by atoms with Crippen molar-refractivity contribution >= 4 is 0 Å². The average Bonchev–Trinajstić information content (AvgIpc) is 2.39. The highest BCUT2D eigenvalue weighted by Gasteiger charge is 2.39. The Morgan fingerprint density at radius 1 is 1.62 bits per heavy atom. The largest absolute Gasteiger partial charge is 0.394 e. The zero-order chi connectivity index (χ0) is 9.90. The fraction of sp³-hybridized carbons (Fsp3) is 0.800. The molecule has 0 aromatic rings. The van der Waals surface area contributed by atoms with Gasteiger partial charge in [-0.15, -0.1) is 0 Å². The van der Waals surface area contributed by atoms with Crippen LogP contribution in [0, 0.1) is 0 Å². The summed E-state index contributed by atoms with van der Waals surface area (Å²) in [5, 5.41) is 18.7. The van der Waals surface area contributed by atoms with Gasteiger partial charge in [0.2, 0.25) is 0 Å². The maximum Gasteiger partial charge on any atom is 0.0685 e. The summed E-state index contributed by atoms with van der Waals surface area (Å²) in [6.45, 7) is 5.56. The number of allylic oxidation sites excluding steroid dienone is 1. The minimum absolute atomic E-state index is 0.113. The van der Waals surface area contributed by atoms with Crippen LogP contribution in [0.5, 0.6) is 0 Å². The molecule has 1 aliphatic rings. The Morgan fingerprint density at radius 2 is 2.31 bits per heavy atom. The van der Waals surface area contributed by atoms with Crippen LogP contribution in [0.25, 0.3) is 0 Å². The molecule has 1 fully saturated rings. The van der Waals surface area contributed by atoms with E-state index in [1.807, 2.05) is 26.0 Å².